The van der Waals surface area contributed by atoms with E-state index in [1.165, 1.54) is 0 Å². The topological polar surface area (TPSA) is 66.8 Å². The number of rotatable bonds is 6. The van der Waals surface area contributed by atoms with Crippen LogP contribution in [0.5, 0.6) is 0 Å². The van der Waals surface area contributed by atoms with Gasteiger partial charge in [-0.2, -0.15) is 0 Å². The first-order valence-corrected chi connectivity index (χ1v) is 9.50. The molecule has 1 heterocycles. The molecule has 24 heavy (non-hydrogen) atoms. The molecule has 1 fully saturated rings. The van der Waals surface area contributed by atoms with Gasteiger partial charge in [-0.15, -0.1) is 0 Å². The molecule has 0 aromatic heterocycles. The SMILES string of the molecule is CCCCC[C@H](O)/C=C/C1[C@H]2C/C=C/CCCC(=O)O[C@@H]1C[C@@H]2O. The lowest BCUT2D eigenvalue weighted by molar-refractivity contribution is -0.150. The highest BCUT2D eigenvalue weighted by Crippen LogP contribution is 2.38. The zero-order chi connectivity index (χ0) is 17.4. The lowest BCUT2D eigenvalue weighted by atomic mass is 9.89. The molecule has 2 bridgehead atoms. The summed E-state index contributed by atoms with van der Waals surface area (Å²) in [6, 6.07) is 0. The van der Waals surface area contributed by atoms with Gasteiger partial charge >= 0.3 is 5.97 Å². The first-order chi connectivity index (χ1) is 11.6. The van der Waals surface area contributed by atoms with Crippen molar-refractivity contribution in [3.63, 3.8) is 0 Å². The number of hydrogen-bond acceptors (Lipinski definition) is 4. The minimum absolute atomic E-state index is 0.0208. The summed E-state index contributed by atoms with van der Waals surface area (Å²) in [6.45, 7) is 2.14. The first-order valence-electron chi connectivity index (χ1n) is 9.50. The maximum atomic E-state index is 12.0. The molecule has 0 spiro atoms. The van der Waals surface area contributed by atoms with Crippen LogP contribution in [-0.4, -0.2) is 34.5 Å². The second-order valence-electron chi connectivity index (χ2n) is 7.12. The van der Waals surface area contributed by atoms with Crippen molar-refractivity contribution < 1.29 is 19.7 Å². The van der Waals surface area contributed by atoms with Crippen LogP contribution in [-0.2, 0) is 9.53 Å². The fraction of sp³-hybridized carbons (Fsp3) is 0.750. The number of unbranched alkanes of at least 4 members (excludes halogenated alkanes) is 2. The van der Waals surface area contributed by atoms with Crippen LogP contribution in [0.4, 0.5) is 0 Å². The Labute approximate surface area is 145 Å². The second-order valence-corrected chi connectivity index (χ2v) is 7.12. The van der Waals surface area contributed by atoms with Crippen LogP contribution in [0, 0.1) is 11.8 Å². The second kappa shape index (κ2) is 10.00. The average Bonchev–Trinajstić information content (AvgIpc) is 2.81. The van der Waals surface area contributed by atoms with Gasteiger partial charge in [0.05, 0.1) is 12.2 Å². The highest BCUT2D eigenvalue weighted by Gasteiger charge is 2.42. The molecule has 4 nitrogen and oxygen atoms in total. The number of ether oxygens (including phenoxy) is 1. The number of allylic oxidation sites excluding steroid dienone is 2. The molecule has 136 valence electrons. The summed E-state index contributed by atoms with van der Waals surface area (Å²) in [4.78, 5) is 12.0. The summed E-state index contributed by atoms with van der Waals surface area (Å²) >= 11 is 0. The number of esters is 1. The molecule has 0 amide bonds. The zero-order valence-electron chi connectivity index (χ0n) is 14.8. The van der Waals surface area contributed by atoms with E-state index in [9.17, 15) is 15.0 Å². The lowest BCUT2D eigenvalue weighted by Crippen LogP contribution is -2.24. The van der Waals surface area contributed by atoms with Crippen LogP contribution in [0.3, 0.4) is 0 Å². The molecule has 0 aromatic rings. The Morgan fingerprint density at radius 2 is 2.21 bits per heavy atom. The van der Waals surface area contributed by atoms with Gasteiger partial charge in [0, 0.05) is 18.8 Å². The number of fused-ring (bicyclic) bond motifs is 2. The van der Waals surface area contributed by atoms with Crippen molar-refractivity contribution in [1.29, 1.82) is 0 Å². The van der Waals surface area contributed by atoms with Crippen LogP contribution >= 0.6 is 0 Å². The Kier molecular flexibility index (Phi) is 8.00. The van der Waals surface area contributed by atoms with Crippen LogP contribution in [0.25, 0.3) is 0 Å². The number of carbonyl (C=O) groups excluding carboxylic acids is 1. The molecule has 0 radical (unpaired) electrons. The Morgan fingerprint density at radius 3 is 3.00 bits per heavy atom. The Bertz CT molecular complexity index is 443. The summed E-state index contributed by atoms with van der Waals surface area (Å²) in [7, 11) is 0. The molecule has 0 saturated heterocycles. The van der Waals surface area contributed by atoms with Gasteiger partial charge < -0.3 is 14.9 Å². The van der Waals surface area contributed by atoms with E-state index >= 15 is 0 Å². The van der Waals surface area contributed by atoms with Crippen molar-refractivity contribution in [2.24, 2.45) is 11.8 Å². The number of carbonyl (C=O) groups is 1. The summed E-state index contributed by atoms with van der Waals surface area (Å²) in [5.74, 6) is -0.145. The lowest BCUT2D eigenvalue weighted by Gasteiger charge is -2.22. The van der Waals surface area contributed by atoms with Crippen LogP contribution in [0.2, 0.25) is 0 Å². The van der Waals surface area contributed by atoms with Gasteiger partial charge in [-0.1, -0.05) is 50.5 Å². The Morgan fingerprint density at radius 1 is 1.38 bits per heavy atom. The summed E-state index contributed by atoms with van der Waals surface area (Å²) in [5, 5.41) is 20.5. The van der Waals surface area contributed by atoms with Gasteiger partial charge in [-0.05, 0) is 31.6 Å². The van der Waals surface area contributed by atoms with Gasteiger partial charge in [-0.3, -0.25) is 4.79 Å². The maximum absolute atomic E-state index is 12.0. The molecular formula is C20H32O4. The van der Waals surface area contributed by atoms with E-state index in [4.69, 9.17) is 4.74 Å². The monoisotopic (exact) mass is 336 g/mol. The number of hydrogen-bond donors (Lipinski definition) is 2. The smallest absolute Gasteiger partial charge is 0.306 e. The molecule has 2 aliphatic rings. The summed E-state index contributed by atoms with van der Waals surface area (Å²) in [6.07, 6.45) is 14.2. The molecular weight excluding hydrogens is 304 g/mol. The molecule has 5 atom stereocenters. The molecule has 1 saturated carbocycles. The van der Waals surface area contributed by atoms with Crippen LogP contribution < -0.4 is 0 Å². The average molecular weight is 336 g/mol. The molecule has 2 rings (SSSR count). The Balaban J connectivity index is 2.04. The zero-order valence-corrected chi connectivity index (χ0v) is 14.8. The fourth-order valence-electron chi connectivity index (χ4n) is 3.73. The normalized spacial score (nSPS) is 33.9. The van der Waals surface area contributed by atoms with Crippen molar-refractivity contribution in [3.8, 4) is 0 Å². The summed E-state index contributed by atoms with van der Waals surface area (Å²) in [5.41, 5.74) is 0. The van der Waals surface area contributed by atoms with Crippen molar-refractivity contribution in [2.75, 3.05) is 0 Å². The molecule has 1 unspecified atom stereocenters. The third kappa shape index (κ3) is 5.75. The van der Waals surface area contributed by atoms with Gasteiger partial charge in [0.25, 0.3) is 0 Å². The first kappa shape index (κ1) is 19.2. The molecule has 0 aromatic carbocycles. The van der Waals surface area contributed by atoms with Crippen LogP contribution in [0.15, 0.2) is 24.3 Å². The molecule has 1 aliphatic heterocycles. The molecule has 2 N–H and O–H groups in total. The number of aliphatic hydroxyl groups is 2. The minimum atomic E-state index is -0.461. The third-order valence-corrected chi connectivity index (χ3v) is 5.16. The fourth-order valence-corrected chi connectivity index (χ4v) is 3.73. The van der Waals surface area contributed by atoms with E-state index in [2.05, 4.69) is 19.1 Å². The third-order valence-electron chi connectivity index (χ3n) is 5.16. The standard InChI is InChI=1S/C20H32O4/c1-2-3-6-9-15(21)12-13-17-16-10-7-4-5-8-11-20(23)24-19(17)14-18(16)22/h4,7,12-13,15-19,21-22H,2-3,5-6,8-11,14H2,1H3/b7-4+,13-12+/t15-,16+,17?,18-,19+/m0/s1. The maximum Gasteiger partial charge on any atom is 0.306 e. The predicted molar refractivity (Wildman–Crippen MR) is 94.4 cm³/mol. The van der Waals surface area contributed by atoms with Crippen molar-refractivity contribution in [2.45, 2.75) is 83.0 Å². The highest BCUT2D eigenvalue weighted by molar-refractivity contribution is 5.69. The van der Waals surface area contributed by atoms with Crippen molar-refractivity contribution in [3.05, 3.63) is 24.3 Å². The highest BCUT2D eigenvalue weighted by atomic mass is 16.5. The molecule has 1 aliphatic carbocycles. The van der Waals surface area contributed by atoms with E-state index in [-0.39, 0.29) is 23.9 Å². The van der Waals surface area contributed by atoms with Crippen molar-refractivity contribution >= 4 is 5.97 Å². The summed E-state index contributed by atoms with van der Waals surface area (Å²) < 4.78 is 5.63. The van der Waals surface area contributed by atoms with Gasteiger partial charge in [0.2, 0.25) is 0 Å². The van der Waals surface area contributed by atoms with E-state index in [1.54, 1.807) is 0 Å². The Hall–Kier alpha value is -1.13. The van der Waals surface area contributed by atoms with Gasteiger partial charge in [0.1, 0.15) is 6.10 Å². The largest absolute Gasteiger partial charge is 0.462 e. The van der Waals surface area contributed by atoms with E-state index in [0.717, 1.165) is 44.9 Å². The number of aliphatic hydroxyl groups excluding tert-OH is 2. The van der Waals surface area contributed by atoms with Crippen molar-refractivity contribution in [1.82, 2.24) is 0 Å². The molecule has 4 heteroatoms. The predicted octanol–water partition coefficient (Wildman–Crippen LogP) is 3.52. The van der Waals surface area contributed by atoms with E-state index in [0.29, 0.717) is 12.8 Å². The van der Waals surface area contributed by atoms with Gasteiger partial charge in [0.15, 0.2) is 0 Å². The van der Waals surface area contributed by atoms with Gasteiger partial charge in [-0.25, -0.2) is 0 Å². The quantitative estimate of drug-likeness (QED) is 0.442. The van der Waals surface area contributed by atoms with E-state index in [1.807, 2.05) is 12.2 Å². The minimum Gasteiger partial charge on any atom is -0.462 e. The van der Waals surface area contributed by atoms with E-state index < -0.39 is 12.2 Å². The van der Waals surface area contributed by atoms with Crippen LogP contribution in [0.1, 0.15) is 64.7 Å².